The van der Waals surface area contributed by atoms with E-state index in [1.807, 2.05) is 43.4 Å². The van der Waals surface area contributed by atoms with E-state index in [1.54, 1.807) is 23.8 Å². The van der Waals surface area contributed by atoms with Crippen molar-refractivity contribution in [3.8, 4) is 5.75 Å². The van der Waals surface area contributed by atoms with Crippen molar-refractivity contribution in [2.75, 3.05) is 19.9 Å². The predicted octanol–water partition coefficient (Wildman–Crippen LogP) is 3.75. The van der Waals surface area contributed by atoms with Crippen molar-refractivity contribution in [3.05, 3.63) is 59.7 Å². The van der Waals surface area contributed by atoms with Crippen LogP contribution in [0.1, 0.15) is 11.1 Å². The van der Waals surface area contributed by atoms with Crippen LogP contribution in [0.25, 0.3) is 0 Å². The first kappa shape index (κ1) is 16.4. The number of ether oxygens (including phenoxy) is 1. The van der Waals surface area contributed by atoms with Crippen LogP contribution in [0.15, 0.2) is 53.4 Å². The van der Waals surface area contributed by atoms with Gasteiger partial charge in [-0.1, -0.05) is 35.9 Å². The van der Waals surface area contributed by atoms with E-state index in [4.69, 9.17) is 4.74 Å². The molecule has 4 heteroatoms. The molecule has 0 bridgehead atoms. The Morgan fingerprint density at radius 1 is 1.18 bits per heavy atom. The zero-order chi connectivity index (χ0) is 15.9. The summed E-state index contributed by atoms with van der Waals surface area (Å²) in [5.41, 5.74) is 2.22. The van der Waals surface area contributed by atoms with Crippen molar-refractivity contribution >= 4 is 17.7 Å². The molecule has 0 fully saturated rings. The minimum Gasteiger partial charge on any atom is -0.496 e. The molecule has 0 heterocycles. The molecule has 0 atom stereocenters. The van der Waals surface area contributed by atoms with Gasteiger partial charge >= 0.3 is 0 Å². The number of thioether (sulfide) groups is 1. The highest BCUT2D eigenvalue weighted by Crippen LogP contribution is 2.21. The molecule has 2 aromatic carbocycles. The van der Waals surface area contributed by atoms with Crippen molar-refractivity contribution in [1.29, 1.82) is 0 Å². The van der Waals surface area contributed by atoms with Crippen LogP contribution in [0, 0.1) is 6.92 Å². The number of carbonyl (C=O) groups is 1. The summed E-state index contributed by atoms with van der Waals surface area (Å²) in [5, 5.41) is 0. The normalized spacial score (nSPS) is 10.3. The largest absolute Gasteiger partial charge is 0.496 e. The quantitative estimate of drug-likeness (QED) is 0.760. The van der Waals surface area contributed by atoms with Crippen LogP contribution in [-0.2, 0) is 11.3 Å². The Hall–Kier alpha value is -1.94. The van der Waals surface area contributed by atoms with Crippen LogP contribution in [0.2, 0.25) is 0 Å². The van der Waals surface area contributed by atoms with Crippen LogP contribution in [-0.4, -0.2) is 30.7 Å². The lowest BCUT2D eigenvalue weighted by molar-refractivity contribution is -0.127. The lowest BCUT2D eigenvalue weighted by Crippen LogP contribution is -2.27. The minimum absolute atomic E-state index is 0.109. The van der Waals surface area contributed by atoms with Gasteiger partial charge in [0.25, 0.3) is 0 Å². The first-order valence-corrected chi connectivity index (χ1v) is 8.14. The summed E-state index contributed by atoms with van der Waals surface area (Å²) in [4.78, 5) is 15.1. The molecule has 0 saturated heterocycles. The maximum atomic E-state index is 12.3. The van der Waals surface area contributed by atoms with Crippen molar-refractivity contribution < 1.29 is 9.53 Å². The van der Waals surface area contributed by atoms with E-state index in [2.05, 4.69) is 19.1 Å². The number of rotatable bonds is 6. The molecule has 0 unspecified atom stereocenters. The first-order valence-electron chi connectivity index (χ1n) is 7.15. The number of methoxy groups -OCH3 is 1. The van der Waals surface area contributed by atoms with E-state index in [1.165, 1.54) is 5.56 Å². The molecule has 0 aromatic heterocycles. The zero-order valence-electron chi connectivity index (χ0n) is 13.2. The molecule has 0 radical (unpaired) electrons. The Kier molecular flexibility index (Phi) is 5.90. The maximum Gasteiger partial charge on any atom is 0.232 e. The van der Waals surface area contributed by atoms with Gasteiger partial charge in [0.05, 0.1) is 12.9 Å². The Bertz CT molecular complexity index is 642. The third-order valence-electron chi connectivity index (χ3n) is 3.38. The molecule has 22 heavy (non-hydrogen) atoms. The second kappa shape index (κ2) is 7.90. The van der Waals surface area contributed by atoms with Gasteiger partial charge in [-0.15, -0.1) is 11.8 Å². The number of hydrogen-bond donors (Lipinski definition) is 0. The second-order valence-corrected chi connectivity index (χ2v) is 6.22. The molecule has 116 valence electrons. The van der Waals surface area contributed by atoms with Gasteiger partial charge < -0.3 is 9.64 Å². The van der Waals surface area contributed by atoms with Gasteiger partial charge in [-0.25, -0.2) is 0 Å². The van der Waals surface area contributed by atoms with E-state index >= 15 is 0 Å². The smallest absolute Gasteiger partial charge is 0.232 e. The Balaban J connectivity index is 1.92. The Morgan fingerprint density at radius 3 is 2.68 bits per heavy atom. The van der Waals surface area contributed by atoms with Gasteiger partial charge in [0.15, 0.2) is 0 Å². The number of hydrogen-bond acceptors (Lipinski definition) is 3. The molecule has 1 amide bonds. The molecule has 2 aromatic rings. The van der Waals surface area contributed by atoms with Crippen LogP contribution < -0.4 is 4.74 Å². The highest BCUT2D eigenvalue weighted by Gasteiger charge is 2.12. The lowest BCUT2D eigenvalue weighted by atomic mass is 10.2. The summed E-state index contributed by atoms with van der Waals surface area (Å²) < 4.78 is 5.33. The molecule has 0 saturated carbocycles. The molecule has 0 aliphatic carbocycles. The molecular formula is C18H21NO2S. The highest BCUT2D eigenvalue weighted by atomic mass is 32.2. The summed E-state index contributed by atoms with van der Waals surface area (Å²) in [6.07, 6.45) is 0. The molecule has 2 rings (SSSR count). The highest BCUT2D eigenvalue weighted by molar-refractivity contribution is 8.00. The van der Waals surface area contributed by atoms with Gasteiger partial charge in [-0.05, 0) is 25.1 Å². The first-order chi connectivity index (χ1) is 10.6. The van der Waals surface area contributed by atoms with Gasteiger partial charge in [0, 0.05) is 24.1 Å². The van der Waals surface area contributed by atoms with E-state index in [-0.39, 0.29) is 5.91 Å². The summed E-state index contributed by atoms with van der Waals surface area (Å²) in [6, 6.07) is 16.0. The number of para-hydroxylation sites is 1. The van der Waals surface area contributed by atoms with Gasteiger partial charge in [-0.2, -0.15) is 0 Å². The molecule has 3 nitrogen and oxygen atoms in total. The monoisotopic (exact) mass is 315 g/mol. The molecule has 0 aliphatic heterocycles. The van der Waals surface area contributed by atoms with Crippen molar-refractivity contribution in [1.82, 2.24) is 4.90 Å². The van der Waals surface area contributed by atoms with E-state index in [0.717, 1.165) is 16.2 Å². The van der Waals surface area contributed by atoms with Crippen LogP contribution in [0.3, 0.4) is 0 Å². The third-order valence-corrected chi connectivity index (χ3v) is 4.36. The summed E-state index contributed by atoms with van der Waals surface area (Å²) in [7, 11) is 3.47. The zero-order valence-corrected chi connectivity index (χ0v) is 14.0. The molecule has 0 spiro atoms. The lowest BCUT2D eigenvalue weighted by Gasteiger charge is -2.18. The Labute approximate surface area is 136 Å². The predicted molar refractivity (Wildman–Crippen MR) is 91.4 cm³/mol. The summed E-state index contributed by atoms with van der Waals surface area (Å²) >= 11 is 1.57. The van der Waals surface area contributed by atoms with Crippen LogP contribution >= 0.6 is 11.8 Å². The van der Waals surface area contributed by atoms with Crippen molar-refractivity contribution in [2.24, 2.45) is 0 Å². The average molecular weight is 315 g/mol. The fraction of sp³-hybridized carbons (Fsp3) is 0.278. The summed E-state index contributed by atoms with van der Waals surface area (Å²) in [5.74, 6) is 1.36. The fourth-order valence-electron chi connectivity index (χ4n) is 2.14. The SMILES string of the molecule is COc1ccccc1CN(C)C(=O)CSc1cccc(C)c1. The molecule has 0 N–H and O–H groups in total. The van der Waals surface area contributed by atoms with Gasteiger partial charge in [0.1, 0.15) is 5.75 Å². The van der Waals surface area contributed by atoms with E-state index in [9.17, 15) is 4.79 Å². The van der Waals surface area contributed by atoms with E-state index < -0.39 is 0 Å². The molecule has 0 aliphatic rings. The minimum atomic E-state index is 0.109. The number of nitrogens with zero attached hydrogens (tertiary/aromatic N) is 1. The Morgan fingerprint density at radius 2 is 1.95 bits per heavy atom. The number of aryl methyl sites for hydroxylation is 1. The van der Waals surface area contributed by atoms with Crippen molar-refractivity contribution in [3.63, 3.8) is 0 Å². The standard InChI is InChI=1S/C18H21NO2S/c1-14-7-6-9-16(11-14)22-13-18(20)19(2)12-15-8-4-5-10-17(15)21-3/h4-11H,12-13H2,1-3H3. The van der Waals surface area contributed by atoms with Crippen molar-refractivity contribution in [2.45, 2.75) is 18.4 Å². The number of carbonyl (C=O) groups excluding carboxylic acids is 1. The van der Waals surface area contributed by atoms with E-state index in [0.29, 0.717) is 12.3 Å². The van der Waals surface area contributed by atoms with Crippen LogP contribution in [0.4, 0.5) is 0 Å². The number of amides is 1. The second-order valence-electron chi connectivity index (χ2n) is 5.17. The van der Waals surface area contributed by atoms with Crippen LogP contribution in [0.5, 0.6) is 5.75 Å². The fourth-order valence-corrected chi connectivity index (χ4v) is 3.09. The summed E-state index contributed by atoms with van der Waals surface area (Å²) in [6.45, 7) is 2.61. The third kappa shape index (κ3) is 4.53. The van der Waals surface area contributed by atoms with Gasteiger partial charge in [0.2, 0.25) is 5.91 Å². The van der Waals surface area contributed by atoms with Gasteiger partial charge in [-0.3, -0.25) is 4.79 Å². The topological polar surface area (TPSA) is 29.5 Å². The molecular weight excluding hydrogens is 294 g/mol. The average Bonchev–Trinajstić information content (AvgIpc) is 2.53. The number of benzene rings is 2. The maximum absolute atomic E-state index is 12.3.